The minimum Gasteiger partial charge on any atom is -0.790 e. The van der Waals surface area contributed by atoms with Crippen LogP contribution < -0.4 is 29.4 Å². The summed E-state index contributed by atoms with van der Waals surface area (Å²) in [5.41, 5.74) is 7.74. The highest BCUT2D eigenvalue weighted by Crippen LogP contribution is 2.62. The highest BCUT2D eigenvalue weighted by atomic mass is 31.3. The Labute approximate surface area is 347 Å². The monoisotopic (exact) mass is 894 g/mol. The van der Waals surface area contributed by atoms with Crippen molar-refractivity contribution in [3.05, 3.63) is 70.4 Å². The van der Waals surface area contributed by atoms with Crippen LogP contribution in [0.3, 0.4) is 0 Å². The van der Waals surface area contributed by atoms with E-state index in [2.05, 4.69) is 90.9 Å². The number of hydrogen-bond donors (Lipinski definition) is 0. The van der Waals surface area contributed by atoms with E-state index in [1.165, 1.54) is 54.1 Å². The van der Waals surface area contributed by atoms with Crippen LogP contribution in [0.1, 0.15) is 146 Å². The van der Waals surface area contributed by atoms with E-state index in [4.69, 9.17) is 0 Å². The molecule has 0 aliphatic heterocycles. The maximum Gasteiger partial charge on any atom is 0.272 e. The van der Waals surface area contributed by atoms with Gasteiger partial charge in [0.25, 0.3) is 15.6 Å². The van der Waals surface area contributed by atoms with E-state index in [0.29, 0.717) is 23.7 Å². The van der Waals surface area contributed by atoms with E-state index in [1.54, 1.807) is 6.08 Å². The molecule has 0 aromatic carbocycles. The van der Waals surface area contributed by atoms with Crippen molar-refractivity contribution in [1.29, 1.82) is 0 Å². The predicted octanol–water partition coefficient (Wildman–Crippen LogP) is 8.30. The summed E-state index contributed by atoms with van der Waals surface area (Å²) in [4.78, 5) is 63.9. The smallest absolute Gasteiger partial charge is 0.272 e. The van der Waals surface area contributed by atoms with Crippen molar-refractivity contribution >= 4 is 31.3 Å². The molecule has 0 amide bonds. The van der Waals surface area contributed by atoms with Crippen LogP contribution in [0, 0.1) is 22.7 Å². The lowest BCUT2D eigenvalue weighted by Gasteiger charge is -2.58. The summed E-state index contributed by atoms with van der Waals surface area (Å²) < 4.78 is 58.7. The predicted molar refractivity (Wildman–Crippen MR) is 217 cm³/mol. The lowest BCUT2D eigenvalue weighted by molar-refractivity contribution is -0.342. The Morgan fingerprint density at radius 2 is 1.07 bits per heavy atom. The maximum atomic E-state index is 11.3. The van der Waals surface area contributed by atoms with Gasteiger partial charge >= 0.3 is 0 Å². The summed E-state index contributed by atoms with van der Waals surface area (Å²) in [5, 5.41) is 0. The molecule has 2 aliphatic rings. The number of hydrogen-bond acceptors (Lipinski definition) is 14. The lowest BCUT2D eigenvalue weighted by Crippen LogP contribution is -2.49. The van der Waals surface area contributed by atoms with Gasteiger partial charge in [0.05, 0.1) is 28.9 Å². The second kappa shape index (κ2) is 24.6. The summed E-state index contributed by atoms with van der Waals surface area (Å²) >= 11 is 0. The summed E-state index contributed by atoms with van der Waals surface area (Å²) in [6, 6.07) is 0. The molecule has 58 heavy (non-hydrogen) atoms. The van der Waals surface area contributed by atoms with E-state index < -0.39 is 31.3 Å². The van der Waals surface area contributed by atoms with Gasteiger partial charge in [-0.1, -0.05) is 97.6 Å². The van der Waals surface area contributed by atoms with Crippen LogP contribution in [0.2, 0.25) is 0 Å². The minimum atomic E-state index is -5.65. The molecule has 18 heteroatoms. The first-order valence-electron chi connectivity index (χ1n) is 19.8. The van der Waals surface area contributed by atoms with Crippen molar-refractivity contribution in [2.45, 2.75) is 146 Å². The molecule has 0 aromatic heterocycles. The number of fused-ring (bicyclic) bond motifs is 1. The Morgan fingerprint density at radius 1 is 0.655 bits per heavy atom. The second-order valence-electron chi connectivity index (χ2n) is 16.8. The van der Waals surface area contributed by atoms with Crippen molar-refractivity contribution in [3.8, 4) is 0 Å². The molecule has 0 saturated heterocycles. The molecule has 2 rings (SSSR count). The van der Waals surface area contributed by atoms with Crippen LogP contribution in [0.15, 0.2) is 70.4 Å². The second-order valence-corrected chi connectivity index (χ2v) is 22.2. The Balaban J connectivity index is 0.000000580. The van der Waals surface area contributed by atoms with Crippen LogP contribution in [-0.4, -0.2) is 13.2 Å². The minimum absolute atomic E-state index is 0.232. The zero-order valence-electron chi connectivity index (χ0n) is 35.9. The summed E-state index contributed by atoms with van der Waals surface area (Å²) in [6.07, 6.45) is 23.1. The first-order valence-corrected chi connectivity index (χ1v) is 25.6. The van der Waals surface area contributed by atoms with E-state index in [1.807, 2.05) is 13.8 Å². The standard InChI is InChI=1S/2C20H36O7P2/c1-15(11-14-26-29(24,25)27-28(21,22)23)7-9-17-16(2)8-10-18-19(3,4)12-6-13-20(17,18)5;1-17(2)9-6-10-18(3)11-7-12-19(4)13-8-14-20(5)15-16-26-29(24,25)27-28(21,22)23/h11,17-18H,2,6-10,12-14H2,1,3-5H3,(H,24,25)(H2,21,22,23);9,11,13,15H,6-8,10,12,14,16H2,1-5H3,(H,24,25)(H2,21,22,23)/p-6/b15-11+;18-11+,19-13+,20-15+/t17-,18-,20+;/m1./s1. The molecular weight excluding hydrogens is 828 g/mol. The number of phosphoric acid groups is 4. The van der Waals surface area contributed by atoms with E-state index in [0.717, 1.165) is 62.5 Å². The van der Waals surface area contributed by atoms with E-state index in [9.17, 15) is 47.6 Å². The third kappa shape index (κ3) is 23.3. The Hall–Kier alpha value is -1.04. The molecule has 14 nitrogen and oxygen atoms in total. The van der Waals surface area contributed by atoms with Gasteiger partial charge in [0.2, 0.25) is 0 Å². The van der Waals surface area contributed by atoms with Gasteiger partial charge in [0.1, 0.15) is 0 Å². The van der Waals surface area contributed by atoms with Crippen LogP contribution >= 0.6 is 31.3 Å². The maximum absolute atomic E-state index is 11.3. The normalized spacial score (nSPS) is 24.2. The first-order chi connectivity index (χ1) is 26.5. The number of allylic oxidation sites excluding steroid dienone is 9. The SMILES string of the molecule is C=C1CC[C@@H]2C(C)(C)CCC[C@@]2(C)[C@@H]1CC/C(C)=C/COP(=O)([O-])OP(=O)([O-])[O-].CC(C)=CCC/C(C)=C/CC/C(C)=C/CC/C(C)=C/COP(=O)([O-])OP(=O)([O-])[O-]. The fraction of sp³-hybridized carbons (Fsp3) is 0.700. The van der Waals surface area contributed by atoms with Crippen LogP contribution in [0.25, 0.3) is 0 Å². The third-order valence-corrected chi connectivity index (χ3v) is 15.2. The molecule has 2 aliphatic carbocycles. The zero-order chi connectivity index (χ0) is 44.6. The molecule has 336 valence electrons. The van der Waals surface area contributed by atoms with Crippen molar-refractivity contribution in [2.24, 2.45) is 22.7 Å². The number of rotatable bonds is 22. The van der Waals surface area contributed by atoms with Gasteiger partial charge in [-0.15, -0.1) is 0 Å². The molecule has 0 bridgehead atoms. The van der Waals surface area contributed by atoms with Crippen LogP contribution in [0.4, 0.5) is 0 Å². The molecule has 2 unspecified atom stereocenters. The molecule has 0 spiro atoms. The highest BCUT2D eigenvalue weighted by molar-refractivity contribution is 7.59. The average Bonchev–Trinajstić information content (AvgIpc) is 3.01. The van der Waals surface area contributed by atoms with Crippen molar-refractivity contribution in [2.75, 3.05) is 13.2 Å². The Bertz CT molecular complexity index is 1700. The van der Waals surface area contributed by atoms with Crippen molar-refractivity contribution in [3.63, 3.8) is 0 Å². The van der Waals surface area contributed by atoms with Crippen molar-refractivity contribution in [1.82, 2.24) is 0 Å². The van der Waals surface area contributed by atoms with Gasteiger partial charge in [-0.3, -0.25) is 17.8 Å². The molecular formula is C40H66O14P4-6. The van der Waals surface area contributed by atoms with E-state index >= 15 is 0 Å². The molecule has 5 atom stereocenters. The van der Waals surface area contributed by atoms with Crippen LogP contribution in [-0.2, 0) is 35.9 Å². The van der Waals surface area contributed by atoms with Crippen LogP contribution in [0.5, 0.6) is 0 Å². The fourth-order valence-electron chi connectivity index (χ4n) is 8.10. The highest BCUT2D eigenvalue weighted by Gasteiger charge is 2.52. The van der Waals surface area contributed by atoms with Gasteiger partial charge in [-0.2, -0.15) is 0 Å². The Kier molecular flexibility index (Phi) is 23.3. The van der Waals surface area contributed by atoms with Gasteiger partial charge in [-0.25, -0.2) is 0 Å². The lowest BCUT2D eigenvalue weighted by atomic mass is 9.47. The largest absolute Gasteiger partial charge is 0.790 e. The molecule has 2 fully saturated rings. The summed E-state index contributed by atoms with van der Waals surface area (Å²) in [5.74, 6) is 1.09. The van der Waals surface area contributed by atoms with Gasteiger partial charge in [0, 0.05) is 0 Å². The van der Waals surface area contributed by atoms with E-state index in [-0.39, 0.29) is 18.6 Å². The summed E-state index contributed by atoms with van der Waals surface area (Å²) in [6.45, 7) is 22.9. The zero-order valence-corrected chi connectivity index (χ0v) is 39.4. The summed E-state index contributed by atoms with van der Waals surface area (Å²) in [7, 11) is -21.6. The average molecular weight is 895 g/mol. The van der Waals surface area contributed by atoms with Gasteiger partial charge < -0.3 is 47.5 Å². The number of phosphoric ester groups is 2. The fourth-order valence-corrected chi connectivity index (χ4v) is 11.0. The third-order valence-electron chi connectivity index (χ3n) is 11.0. The first kappa shape index (κ1) is 55.0. The van der Waals surface area contributed by atoms with Gasteiger partial charge in [0.15, 0.2) is 0 Å². The quantitative estimate of drug-likeness (QED) is 0.0733. The molecule has 0 aromatic rings. The van der Waals surface area contributed by atoms with Gasteiger partial charge in [-0.05, 0) is 141 Å². The molecule has 0 radical (unpaired) electrons. The molecule has 2 saturated carbocycles. The molecule has 0 N–H and O–H groups in total. The topological polar surface area (TPSA) is 244 Å². The molecule has 0 heterocycles. The van der Waals surface area contributed by atoms with Crippen molar-refractivity contribution < 1.29 is 65.3 Å². The Morgan fingerprint density at radius 3 is 1.50 bits per heavy atom.